The summed E-state index contributed by atoms with van der Waals surface area (Å²) in [7, 11) is 0. The van der Waals surface area contributed by atoms with Crippen LogP contribution in [0.2, 0.25) is 0 Å². The molecule has 0 radical (unpaired) electrons. The number of carbonyl (C=O) groups is 2. The Labute approximate surface area is 177 Å². The van der Waals surface area contributed by atoms with E-state index in [0.717, 1.165) is 11.1 Å². The maximum absolute atomic E-state index is 12.5. The van der Waals surface area contributed by atoms with Crippen LogP contribution < -0.4 is 15.4 Å². The lowest BCUT2D eigenvalue weighted by Crippen LogP contribution is -2.29. The number of amides is 2. The average Bonchev–Trinajstić information content (AvgIpc) is 2.77. The largest absolute Gasteiger partial charge is 0.483 e. The Balaban J connectivity index is 1.66. The zero-order valence-electron chi connectivity index (χ0n) is 17.2. The lowest BCUT2D eigenvalue weighted by atomic mass is 10.1. The number of rotatable bonds is 8. The van der Waals surface area contributed by atoms with Crippen molar-refractivity contribution in [1.29, 1.82) is 0 Å². The predicted molar refractivity (Wildman–Crippen MR) is 120 cm³/mol. The van der Waals surface area contributed by atoms with Gasteiger partial charge in [-0.05, 0) is 29.7 Å². The van der Waals surface area contributed by atoms with Gasteiger partial charge < -0.3 is 15.4 Å². The van der Waals surface area contributed by atoms with E-state index in [4.69, 9.17) is 4.74 Å². The molecule has 0 bridgehead atoms. The van der Waals surface area contributed by atoms with E-state index in [-0.39, 0.29) is 18.4 Å². The molecule has 0 unspecified atom stereocenters. The molecule has 30 heavy (non-hydrogen) atoms. The Hall–Kier alpha value is -3.60. The van der Waals surface area contributed by atoms with E-state index < -0.39 is 0 Å². The summed E-state index contributed by atoms with van der Waals surface area (Å²) in [6, 6.07) is 24.4. The minimum Gasteiger partial charge on any atom is -0.483 e. The maximum atomic E-state index is 12.5. The summed E-state index contributed by atoms with van der Waals surface area (Å²) in [5.74, 6) is 0.424. The highest BCUT2D eigenvalue weighted by atomic mass is 16.5. The first kappa shape index (κ1) is 21.1. The molecule has 0 aromatic heterocycles. The van der Waals surface area contributed by atoms with Gasteiger partial charge in [0.25, 0.3) is 11.8 Å². The van der Waals surface area contributed by atoms with Crippen molar-refractivity contribution in [3.63, 3.8) is 0 Å². The van der Waals surface area contributed by atoms with Crippen molar-refractivity contribution in [1.82, 2.24) is 5.32 Å². The molecule has 0 atom stereocenters. The number of para-hydroxylation sites is 2. The van der Waals surface area contributed by atoms with Crippen molar-refractivity contribution >= 4 is 17.5 Å². The smallest absolute Gasteiger partial charge is 0.262 e. The van der Waals surface area contributed by atoms with Crippen LogP contribution in [0, 0.1) is 5.92 Å². The van der Waals surface area contributed by atoms with E-state index in [1.807, 2.05) is 68.4 Å². The van der Waals surface area contributed by atoms with Crippen LogP contribution in [0.1, 0.15) is 24.2 Å². The fourth-order valence-corrected chi connectivity index (χ4v) is 2.96. The molecule has 0 saturated carbocycles. The Morgan fingerprint density at radius 2 is 1.53 bits per heavy atom. The fraction of sp³-hybridized carbons (Fsp3) is 0.200. The maximum Gasteiger partial charge on any atom is 0.262 e. The Morgan fingerprint density at radius 1 is 0.867 bits per heavy atom. The molecule has 154 valence electrons. The lowest BCUT2D eigenvalue weighted by molar-refractivity contribution is -0.118. The van der Waals surface area contributed by atoms with Crippen molar-refractivity contribution in [3.8, 4) is 16.9 Å². The second-order valence-electron chi connectivity index (χ2n) is 7.35. The van der Waals surface area contributed by atoms with Crippen LogP contribution in [-0.4, -0.2) is 25.0 Å². The summed E-state index contributed by atoms with van der Waals surface area (Å²) in [6.07, 6.45) is 0. The van der Waals surface area contributed by atoms with Gasteiger partial charge in [-0.15, -0.1) is 0 Å². The summed E-state index contributed by atoms with van der Waals surface area (Å²) in [6.45, 7) is 4.46. The normalized spacial score (nSPS) is 10.5. The van der Waals surface area contributed by atoms with Crippen molar-refractivity contribution in [2.24, 2.45) is 5.92 Å². The number of nitrogens with one attached hydrogen (secondary N) is 2. The molecule has 0 fully saturated rings. The van der Waals surface area contributed by atoms with Gasteiger partial charge in [-0.3, -0.25) is 9.59 Å². The zero-order valence-corrected chi connectivity index (χ0v) is 17.2. The predicted octanol–water partition coefficient (Wildman–Crippen LogP) is 4.76. The van der Waals surface area contributed by atoms with Crippen LogP contribution >= 0.6 is 0 Å². The van der Waals surface area contributed by atoms with E-state index in [1.54, 1.807) is 24.3 Å². The third-order valence-electron chi connectivity index (χ3n) is 4.45. The first-order chi connectivity index (χ1) is 14.5. The molecule has 2 N–H and O–H groups in total. The van der Waals surface area contributed by atoms with Gasteiger partial charge >= 0.3 is 0 Å². The third-order valence-corrected chi connectivity index (χ3v) is 4.45. The summed E-state index contributed by atoms with van der Waals surface area (Å²) in [5.41, 5.74) is 2.82. The van der Waals surface area contributed by atoms with Gasteiger partial charge in [0.15, 0.2) is 6.61 Å². The van der Waals surface area contributed by atoms with Gasteiger partial charge in [-0.25, -0.2) is 0 Å². The van der Waals surface area contributed by atoms with Crippen molar-refractivity contribution in [2.45, 2.75) is 13.8 Å². The Morgan fingerprint density at radius 3 is 2.30 bits per heavy atom. The first-order valence-electron chi connectivity index (χ1n) is 9.99. The molecule has 2 amide bonds. The molecule has 0 saturated heterocycles. The quantitative estimate of drug-likeness (QED) is 0.571. The minimum atomic E-state index is -0.332. The van der Waals surface area contributed by atoms with Crippen LogP contribution in [0.4, 0.5) is 5.69 Å². The molecule has 5 nitrogen and oxygen atoms in total. The summed E-state index contributed by atoms with van der Waals surface area (Å²) in [5, 5.41) is 5.66. The number of carbonyl (C=O) groups excluding carboxylic acids is 2. The first-order valence-corrected chi connectivity index (χ1v) is 9.99. The number of benzene rings is 3. The summed E-state index contributed by atoms with van der Waals surface area (Å²) in [4.78, 5) is 24.9. The number of hydrogen-bond donors (Lipinski definition) is 2. The van der Waals surface area contributed by atoms with Gasteiger partial charge in [0, 0.05) is 12.1 Å². The number of hydrogen-bond acceptors (Lipinski definition) is 3. The number of ether oxygens (including phenoxy) is 1. The minimum absolute atomic E-state index is 0.161. The molecule has 0 spiro atoms. The zero-order chi connectivity index (χ0) is 21.3. The summed E-state index contributed by atoms with van der Waals surface area (Å²) < 4.78 is 5.79. The average molecular weight is 402 g/mol. The Bertz CT molecular complexity index is 1000. The standard InChI is InChI=1S/C25H26N2O3/c1-18(2)16-26-25(29)21-13-6-8-14-22(21)27-24(28)17-30-23-15-9-7-12-20(23)19-10-4-3-5-11-19/h3-15,18H,16-17H2,1-2H3,(H,26,29)(H,27,28). The van der Waals surface area contributed by atoms with E-state index in [9.17, 15) is 9.59 Å². The highest BCUT2D eigenvalue weighted by Crippen LogP contribution is 2.29. The summed E-state index contributed by atoms with van der Waals surface area (Å²) >= 11 is 0. The monoisotopic (exact) mass is 402 g/mol. The molecule has 3 aromatic carbocycles. The molecular formula is C25H26N2O3. The van der Waals surface area contributed by atoms with Crippen molar-refractivity contribution in [3.05, 3.63) is 84.4 Å². The SMILES string of the molecule is CC(C)CNC(=O)c1ccccc1NC(=O)COc1ccccc1-c1ccccc1. The van der Waals surface area contributed by atoms with Gasteiger partial charge in [0.05, 0.1) is 11.3 Å². The van der Waals surface area contributed by atoms with Crippen LogP contribution in [-0.2, 0) is 4.79 Å². The van der Waals surface area contributed by atoms with Crippen LogP contribution in [0.5, 0.6) is 5.75 Å². The molecule has 0 aliphatic rings. The molecule has 0 aliphatic carbocycles. The van der Waals surface area contributed by atoms with Crippen LogP contribution in [0.3, 0.4) is 0 Å². The second-order valence-corrected chi connectivity index (χ2v) is 7.35. The third kappa shape index (κ3) is 5.70. The van der Waals surface area contributed by atoms with Crippen LogP contribution in [0.25, 0.3) is 11.1 Å². The lowest BCUT2D eigenvalue weighted by Gasteiger charge is -2.14. The van der Waals surface area contributed by atoms with Gasteiger partial charge in [0.1, 0.15) is 5.75 Å². The molecule has 3 rings (SSSR count). The highest BCUT2D eigenvalue weighted by Gasteiger charge is 2.14. The van der Waals surface area contributed by atoms with E-state index >= 15 is 0 Å². The van der Waals surface area contributed by atoms with Gasteiger partial charge in [0.2, 0.25) is 0 Å². The van der Waals surface area contributed by atoms with Gasteiger partial charge in [-0.1, -0.05) is 74.5 Å². The van der Waals surface area contributed by atoms with Gasteiger partial charge in [-0.2, -0.15) is 0 Å². The highest BCUT2D eigenvalue weighted by molar-refractivity contribution is 6.04. The molecular weight excluding hydrogens is 376 g/mol. The van der Waals surface area contributed by atoms with Crippen LogP contribution in [0.15, 0.2) is 78.9 Å². The van der Waals surface area contributed by atoms with E-state index in [1.165, 1.54) is 0 Å². The fourth-order valence-electron chi connectivity index (χ4n) is 2.96. The van der Waals surface area contributed by atoms with Crippen molar-refractivity contribution < 1.29 is 14.3 Å². The molecule has 3 aromatic rings. The van der Waals surface area contributed by atoms with Crippen molar-refractivity contribution in [2.75, 3.05) is 18.5 Å². The Kier molecular flexibility index (Phi) is 7.22. The molecule has 0 heterocycles. The van der Waals surface area contributed by atoms with E-state index in [2.05, 4.69) is 10.6 Å². The molecule has 0 aliphatic heterocycles. The number of anilines is 1. The second kappa shape index (κ2) is 10.3. The molecule has 5 heteroatoms. The van der Waals surface area contributed by atoms with E-state index in [0.29, 0.717) is 29.5 Å². The topological polar surface area (TPSA) is 67.4 Å².